The second kappa shape index (κ2) is 8.62. The molecule has 0 spiro atoms. The van der Waals surface area contributed by atoms with Crippen LogP contribution in [0.25, 0.3) is 0 Å². The number of nitrogens with one attached hydrogen (secondary N) is 2. The van der Waals surface area contributed by atoms with Crippen molar-refractivity contribution in [2.75, 3.05) is 25.0 Å². The van der Waals surface area contributed by atoms with E-state index in [-0.39, 0.29) is 30.3 Å². The first-order chi connectivity index (χ1) is 13.8. The summed E-state index contributed by atoms with van der Waals surface area (Å²) in [7, 11) is 1.40. The molecule has 0 radical (unpaired) electrons. The molecule has 2 aromatic rings. The summed E-state index contributed by atoms with van der Waals surface area (Å²) < 4.78 is 82.0. The molecular formula is C19H18F6N4. The molecule has 1 unspecified atom stereocenters. The lowest BCUT2D eigenvalue weighted by Crippen LogP contribution is -2.44. The van der Waals surface area contributed by atoms with E-state index in [2.05, 4.69) is 15.6 Å². The van der Waals surface area contributed by atoms with Crippen LogP contribution in [0.3, 0.4) is 0 Å². The Morgan fingerprint density at radius 3 is 2.24 bits per heavy atom. The number of anilines is 1. The largest absolute Gasteiger partial charge is 0.365 e. The van der Waals surface area contributed by atoms with Crippen molar-refractivity contribution in [1.29, 1.82) is 0 Å². The predicted molar refractivity (Wildman–Crippen MR) is 96.6 cm³/mol. The molecule has 1 saturated heterocycles. The lowest BCUT2D eigenvalue weighted by Gasteiger charge is -2.21. The number of hydrogen-bond donors (Lipinski definition) is 2. The van der Waals surface area contributed by atoms with Crippen LogP contribution in [0.4, 0.5) is 32.0 Å². The number of aliphatic imine (C=N–C) groups is 1. The van der Waals surface area contributed by atoms with Crippen LogP contribution in [0.1, 0.15) is 12.0 Å². The average molecular weight is 416 g/mol. The van der Waals surface area contributed by atoms with Gasteiger partial charge in [-0.2, -0.15) is 0 Å². The van der Waals surface area contributed by atoms with Crippen molar-refractivity contribution in [1.82, 2.24) is 10.6 Å². The Morgan fingerprint density at radius 2 is 1.66 bits per heavy atom. The van der Waals surface area contributed by atoms with E-state index in [1.807, 2.05) is 0 Å². The Kier molecular flexibility index (Phi) is 6.19. The summed E-state index contributed by atoms with van der Waals surface area (Å²) in [6.07, 6.45) is 0.520. The van der Waals surface area contributed by atoms with Gasteiger partial charge in [-0.1, -0.05) is 6.07 Å². The van der Waals surface area contributed by atoms with E-state index >= 15 is 0 Å². The fourth-order valence-corrected chi connectivity index (χ4v) is 3.21. The molecule has 4 nitrogen and oxygen atoms in total. The van der Waals surface area contributed by atoms with Crippen molar-refractivity contribution >= 4 is 11.6 Å². The second-order valence-electron chi connectivity index (χ2n) is 6.52. The molecule has 156 valence electrons. The molecule has 1 fully saturated rings. The maximum Gasteiger partial charge on any atom is 0.191 e. The summed E-state index contributed by atoms with van der Waals surface area (Å²) >= 11 is 0. The number of guanidine groups is 1. The number of para-hydroxylation sites is 1. The number of rotatable bonds is 4. The lowest BCUT2D eigenvalue weighted by molar-refractivity contribution is 0.436. The maximum absolute atomic E-state index is 13.9. The van der Waals surface area contributed by atoms with Gasteiger partial charge in [0.2, 0.25) is 0 Å². The van der Waals surface area contributed by atoms with Gasteiger partial charge in [-0.3, -0.25) is 4.99 Å². The molecule has 2 N–H and O–H groups in total. The summed E-state index contributed by atoms with van der Waals surface area (Å²) in [6, 6.07) is 3.48. The second-order valence-corrected chi connectivity index (χ2v) is 6.52. The summed E-state index contributed by atoms with van der Waals surface area (Å²) in [5.41, 5.74) is -0.925. The third-order valence-corrected chi connectivity index (χ3v) is 4.64. The van der Waals surface area contributed by atoms with Crippen LogP contribution in [0.15, 0.2) is 29.3 Å². The van der Waals surface area contributed by atoms with Gasteiger partial charge in [0.15, 0.2) is 29.2 Å². The first-order valence-corrected chi connectivity index (χ1v) is 8.79. The van der Waals surface area contributed by atoms with E-state index in [1.165, 1.54) is 30.1 Å². The van der Waals surface area contributed by atoms with Gasteiger partial charge in [-0.05, 0) is 18.6 Å². The van der Waals surface area contributed by atoms with Crippen molar-refractivity contribution < 1.29 is 26.3 Å². The molecule has 0 aromatic heterocycles. The first kappa shape index (κ1) is 20.8. The van der Waals surface area contributed by atoms with Gasteiger partial charge in [-0.25, -0.2) is 26.3 Å². The minimum absolute atomic E-state index is 0.120. The van der Waals surface area contributed by atoms with Crippen molar-refractivity contribution in [2.24, 2.45) is 4.99 Å². The maximum atomic E-state index is 13.9. The molecule has 1 aliphatic heterocycles. The number of hydrogen-bond acceptors (Lipinski definition) is 2. The Labute approximate surface area is 163 Å². The first-order valence-electron chi connectivity index (χ1n) is 8.79. The van der Waals surface area contributed by atoms with Crippen LogP contribution in [-0.2, 0) is 6.54 Å². The van der Waals surface area contributed by atoms with Gasteiger partial charge in [0.25, 0.3) is 0 Å². The minimum atomic E-state index is -1.50. The lowest BCUT2D eigenvalue weighted by atomic mass is 10.2. The zero-order valence-electron chi connectivity index (χ0n) is 15.4. The third-order valence-electron chi connectivity index (χ3n) is 4.64. The van der Waals surface area contributed by atoms with Gasteiger partial charge in [0, 0.05) is 44.4 Å². The summed E-state index contributed by atoms with van der Waals surface area (Å²) in [6.45, 7) is 0.0884. The number of benzene rings is 2. The summed E-state index contributed by atoms with van der Waals surface area (Å²) in [4.78, 5) is 5.44. The van der Waals surface area contributed by atoms with Crippen molar-refractivity contribution in [3.05, 3.63) is 64.7 Å². The predicted octanol–water partition coefficient (Wildman–Crippen LogP) is 3.47. The molecule has 0 aliphatic carbocycles. The van der Waals surface area contributed by atoms with Gasteiger partial charge in [-0.15, -0.1) is 0 Å². The van der Waals surface area contributed by atoms with Crippen molar-refractivity contribution in [3.63, 3.8) is 0 Å². The molecule has 29 heavy (non-hydrogen) atoms. The fraction of sp³-hybridized carbons (Fsp3) is 0.316. The molecule has 1 atom stereocenters. The fourth-order valence-electron chi connectivity index (χ4n) is 3.21. The molecular weight excluding hydrogens is 398 g/mol. The van der Waals surface area contributed by atoms with Crippen LogP contribution in [-0.4, -0.2) is 32.1 Å². The molecule has 1 aliphatic rings. The Bertz CT molecular complexity index is 887. The van der Waals surface area contributed by atoms with E-state index in [0.29, 0.717) is 13.0 Å². The van der Waals surface area contributed by atoms with Gasteiger partial charge < -0.3 is 15.5 Å². The number of halogens is 6. The highest BCUT2D eigenvalue weighted by molar-refractivity contribution is 5.80. The van der Waals surface area contributed by atoms with Crippen molar-refractivity contribution in [2.45, 2.75) is 19.0 Å². The van der Waals surface area contributed by atoms with Crippen LogP contribution in [0, 0.1) is 34.9 Å². The average Bonchev–Trinajstić information content (AvgIpc) is 3.13. The van der Waals surface area contributed by atoms with Crippen molar-refractivity contribution in [3.8, 4) is 0 Å². The smallest absolute Gasteiger partial charge is 0.191 e. The van der Waals surface area contributed by atoms with E-state index in [1.54, 1.807) is 0 Å². The Hall–Kier alpha value is -2.91. The van der Waals surface area contributed by atoms with Gasteiger partial charge in [0.05, 0.1) is 0 Å². The molecule has 1 heterocycles. The molecule has 3 rings (SSSR count). The normalized spacial score (nSPS) is 17.0. The molecule has 2 aromatic carbocycles. The highest BCUT2D eigenvalue weighted by Crippen LogP contribution is 2.26. The van der Waals surface area contributed by atoms with Crippen LogP contribution in [0.5, 0.6) is 0 Å². The molecule has 0 saturated carbocycles. The van der Waals surface area contributed by atoms with E-state index in [4.69, 9.17) is 0 Å². The summed E-state index contributed by atoms with van der Waals surface area (Å²) in [5.74, 6) is -7.21. The van der Waals surface area contributed by atoms with Crippen LogP contribution >= 0.6 is 0 Å². The SMILES string of the molecule is CN=C(NCc1c(F)c(F)cc(F)c1F)NC1CCN(c2c(F)cccc2F)C1. The molecule has 0 amide bonds. The Balaban J connectivity index is 1.64. The number of nitrogens with zero attached hydrogens (tertiary/aromatic N) is 2. The standard InChI is InChI=1S/C19H18F6N4/c1-26-19(27-8-11-16(24)14(22)7-15(23)17(11)25)28-10-5-6-29(9-10)18-12(20)3-2-4-13(18)21/h2-4,7,10H,5-6,8-9H2,1H3,(H2,26,27,28). The zero-order valence-corrected chi connectivity index (χ0v) is 15.4. The van der Waals surface area contributed by atoms with E-state index in [9.17, 15) is 26.3 Å². The van der Waals surface area contributed by atoms with Gasteiger partial charge in [0.1, 0.15) is 17.3 Å². The van der Waals surface area contributed by atoms with Crippen LogP contribution in [0.2, 0.25) is 0 Å². The monoisotopic (exact) mass is 416 g/mol. The quantitative estimate of drug-likeness (QED) is 0.347. The molecule has 10 heteroatoms. The minimum Gasteiger partial charge on any atom is -0.365 e. The Morgan fingerprint density at radius 1 is 1.03 bits per heavy atom. The van der Waals surface area contributed by atoms with E-state index < -0.39 is 47.0 Å². The van der Waals surface area contributed by atoms with Gasteiger partial charge >= 0.3 is 0 Å². The third kappa shape index (κ3) is 4.41. The molecule has 0 bridgehead atoms. The highest BCUT2D eigenvalue weighted by Gasteiger charge is 2.27. The highest BCUT2D eigenvalue weighted by atomic mass is 19.2. The zero-order chi connectivity index (χ0) is 21.1. The van der Waals surface area contributed by atoms with Crippen LogP contribution < -0.4 is 15.5 Å². The topological polar surface area (TPSA) is 39.7 Å². The summed E-state index contributed by atoms with van der Waals surface area (Å²) in [5, 5.41) is 5.55. The van der Waals surface area contributed by atoms with E-state index in [0.717, 1.165) is 0 Å².